The Balaban J connectivity index is 1.56. The maximum absolute atomic E-state index is 12.4. The zero-order valence-corrected chi connectivity index (χ0v) is 14.8. The van der Waals surface area contributed by atoms with Gasteiger partial charge in [0.25, 0.3) is 0 Å². The summed E-state index contributed by atoms with van der Waals surface area (Å²) in [7, 11) is -3.87. The quantitative estimate of drug-likeness (QED) is 0.785. The molecule has 0 aromatic heterocycles. The number of hydroxylamine groups is 2. The first-order valence-corrected chi connectivity index (χ1v) is 9.45. The highest BCUT2D eigenvalue weighted by Gasteiger charge is 2.33. The molecule has 2 aromatic rings. The first kappa shape index (κ1) is 18.9. The number of hydrogen-bond acceptors (Lipinski definition) is 4. The predicted octanol–water partition coefficient (Wildman–Crippen LogP) is 3.82. The molecule has 1 aliphatic heterocycles. The van der Waals surface area contributed by atoms with Crippen LogP contribution in [0.1, 0.15) is 22.6 Å². The van der Waals surface area contributed by atoms with Crippen molar-refractivity contribution < 1.29 is 25.9 Å². The molecule has 0 amide bonds. The van der Waals surface area contributed by atoms with Crippen LogP contribution in [0.3, 0.4) is 0 Å². The Hall–Kier alpha value is -1.90. The van der Waals surface area contributed by atoms with Crippen molar-refractivity contribution in [1.82, 2.24) is 5.06 Å². The van der Waals surface area contributed by atoms with E-state index in [9.17, 15) is 21.6 Å². The zero-order valence-electron chi connectivity index (χ0n) is 14.0. The van der Waals surface area contributed by atoms with Gasteiger partial charge in [-0.05, 0) is 30.2 Å². The Morgan fingerprint density at radius 3 is 2.15 bits per heavy atom. The summed E-state index contributed by atoms with van der Waals surface area (Å²) >= 11 is 0. The van der Waals surface area contributed by atoms with Crippen LogP contribution in [0.5, 0.6) is 0 Å². The lowest BCUT2D eigenvalue weighted by Gasteiger charge is -2.37. The third kappa shape index (κ3) is 4.63. The van der Waals surface area contributed by atoms with Gasteiger partial charge in [0.15, 0.2) is 0 Å². The summed E-state index contributed by atoms with van der Waals surface area (Å²) in [5.41, 5.74) is 2.01. The molecule has 0 aliphatic carbocycles. The average Bonchev–Trinajstić information content (AvgIpc) is 2.50. The van der Waals surface area contributed by atoms with E-state index in [2.05, 4.69) is 0 Å². The van der Waals surface area contributed by atoms with Crippen LogP contribution in [0.15, 0.2) is 53.4 Å². The summed E-state index contributed by atoms with van der Waals surface area (Å²) in [4.78, 5) is 0.0862. The Kier molecular flexibility index (Phi) is 5.09. The topological polar surface area (TPSA) is 46.6 Å². The molecule has 3 rings (SSSR count). The number of alkyl halides is 3. The van der Waals surface area contributed by atoms with E-state index in [0.29, 0.717) is 13.1 Å². The van der Waals surface area contributed by atoms with Gasteiger partial charge in [0, 0.05) is 19.0 Å². The van der Waals surface area contributed by atoms with Crippen molar-refractivity contribution >= 4 is 10.1 Å². The molecule has 1 saturated heterocycles. The van der Waals surface area contributed by atoms with E-state index in [0.717, 1.165) is 11.1 Å². The molecule has 0 unspecified atom stereocenters. The molecule has 2 aromatic carbocycles. The van der Waals surface area contributed by atoms with Crippen LogP contribution in [0.25, 0.3) is 0 Å². The van der Waals surface area contributed by atoms with E-state index in [1.807, 2.05) is 6.92 Å². The highest BCUT2D eigenvalue weighted by atomic mass is 32.2. The van der Waals surface area contributed by atoms with Gasteiger partial charge in [-0.2, -0.15) is 30.9 Å². The van der Waals surface area contributed by atoms with Crippen molar-refractivity contribution in [1.29, 1.82) is 0 Å². The molecule has 1 heterocycles. The molecule has 8 heteroatoms. The van der Waals surface area contributed by atoms with Crippen LogP contribution < -0.4 is 0 Å². The molecular weight excluding hydrogens is 367 g/mol. The van der Waals surface area contributed by atoms with Crippen LogP contribution in [-0.4, -0.2) is 32.7 Å². The molecule has 26 heavy (non-hydrogen) atoms. The van der Waals surface area contributed by atoms with E-state index in [1.165, 1.54) is 29.3 Å². The van der Waals surface area contributed by atoms with E-state index in [1.54, 1.807) is 24.3 Å². The zero-order chi connectivity index (χ0) is 18.9. The standard InChI is InChI=1S/C18H18F3NO3S/c1-13-2-8-17(9-3-13)26(23,24)25-22-11-16(12-22)15-6-4-14(5-7-15)10-18(19,20)21/h2-9,16H,10-12H2,1H3. The van der Waals surface area contributed by atoms with Crippen molar-refractivity contribution in [3.8, 4) is 0 Å². The number of halogens is 3. The number of hydrogen-bond donors (Lipinski definition) is 0. The predicted molar refractivity (Wildman–Crippen MR) is 90.0 cm³/mol. The lowest BCUT2D eigenvalue weighted by Crippen LogP contribution is -2.45. The molecule has 140 valence electrons. The summed E-state index contributed by atoms with van der Waals surface area (Å²) < 4.78 is 66.6. The van der Waals surface area contributed by atoms with Gasteiger partial charge in [0.05, 0.1) is 11.3 Å². The van der Waals surface area contributed by atoms with E-state index in [4.69, 9.17) is 4.28 Å². The van der Waals surface area contributed by atoms with Crippen molar-refractivity contribution in [2.75, 3.05) is 13.1 Å². The third-order valence-corrected chi connectivity index (χ3v) is 5.47. The Bertz CT molecular complexity index is 856. The molecule has 4 nitrogen and oxygen atoms in total. The first-order chi connectivity index (χ1) is 12.1. The first-order valence-electron chi connectivity index (χ1n) is 8.04. The lowest BCUT2D eigenvalue weighted by atomic mass is 9.92. The fourth-order valence-electron chi connectivity index (χ4n) is 2.74. The number of benzene rings is 2. The van der Waals surface area contributed by atoms with Crippen LogP contribution in [0, 0.1) is 6.92 Å². The minimum absolute atomic E-state index is 0.0307. The summed E-state index contributed by atoms with van der Waals surface area (Å²) in [5.74, 6) is 0.0307. The third-order valence-electron chi connectivity index (χ3n) is 4.22. The molecule has 0 spiro atoms. The van der Waals surface area contributed by atoms with Gasteiger partial charge in [-0.15, -0.1) is 0 Å². The van der Waals surface area contributed by atoms with Crippen molar-refractivity contribution in [2.24, 2.45) is 0 Å². The molecule has 0 saturated carbocycles. The highest BCUT2D eigenvalue weighted by Crippen LogP contribution is 2.30. The van der Waals surface area contributed by atoms with Crippen molar-refractivity contribution in [2.45, 2.75) is 30.3 Å². The van der Waals surface area contributed by atoms with Crippen LogP contribution in [0.2, 0.25) is 0 Å². The molecule has 0 N–H and O–H groups in total. The number of aryl methyl sites for hydroxylation is 1. The van der Waals surface area contributed by atoms with Crippen LogP contribution in [-0.2, 0) is 20.8 Å². The average molecular weight is 385 g/mol. The second-order valence-corrected chi connectivity index (χ2v) is 7.95. The van der Waals surface area contributed by atoms with Gasteiger partial charge in [0.2, 0.25) is 0 Å². The van der Waals surface area contributed by atoms with Crippen molar-refractivity contribution in [3.05, 3.63) is 65.2 Å². The summed E-state index contributed by atoms with van der Waals surface area (Å²) in [5, 5.41) is 1.34. The van der Waals surface area contributed by atoms with Crippen molar-refractivity contribution in [3.63, 3.8) is 0 Å². The van der Waals surface area contributed by atoms with E-state index >= 15 is 0 Å². The molecule has 1 aliphatic rings. The normalized spacial score (nSPS) is 16.5. The van der Waals surface area contributed by atoms with E-state index < -0.39 is 22.7 Å². The molecule has 0 atom stereocenters. The Morgan fingerprint density at radius 2 is 1.62 bits per heavy atom. The van der Waals surface area contributed by atoms with Crippen LogP contribution in [0.4, 0.5) is 13.2 Å². The number of nitrogens with zero attached hydrogens (tertiary/aromatic N) is 1. The molecule has 1 fully saturated rings. The summed E-state index contributed by atoms with van der Waals surface area (Å²) in [6.45, 7) is 2.59. The number of rotatable bonds is 5. The monoisotopic (exact) mass is 385 g/mol. The summed E-state index contributed by atoms with van der Waals surface area (Å²) in [6, 6.07) is 12.6. The molecule has 0 radical (unpaired) electrons. The van der Waals surface area contributed by atoms with Gasteiger partial charge in [-0.25, -0.2) is 0 Å². The summed E-state index contributed by atoms with van der Waals surface area (Å²) in [6.07, 6.45) is -5.19. The van der Waals surface area contributed by atoms with Crippen LogP contribution >= 0.6 is 0 Å². The second kappa shape index (κ2) is 7.02. The van der Waals surface area contributed by atoms with Gasteiger partial charge < -0.3 is 0 Å². The Morgan fingerprint density at radius 1 is 1.04 bits per heavy atom. The van der Waals surface area contributed by atoms with E-state index in [-0.39, 0.29) is 16.4 Å². The molecular formula is C18H18F3NO3S. The minimum atomic E-state index is -4.23. The fraction of sp³-hybridized carbons (Fsp3) is 0.333. The second-order valence-electron chi connectivity index (χ2n) is 6.42. The maximum Gasteiger partial charge on any atom is 0.393 e. The maximum atomic E-state index is 12.4. The largest absolute Gasteiger partial charge is 0.393 e. The lowest BCUT2D eigenvalue weighted by molar-refractivity contribution is -0.127. The van der Waals surface area contributed by atoms with Gasteiger partial charge in [-0.3, -0.25) is 0 Å². The fourth-order valence-corrected chi connectivity index (χ4v) is 3.69. The van der Waals surface area contributed by atoms with Gasteiger partial charge in [0.1, 0.15) is 0 Å². The Labute approximate surface area is 150 Å². The minimum Gasteiger partial charge on any atom is -0.192 e. The van der Waals surface area contributed by atoms with Gasteiger partial charge in [-0.1, -0.05) is 42.0 Å². The SMILES string of the molecule is Cc1ccc(S(=O)(=O)ON2CC(c3ccc(CC(F)(F)F)cc3)C2)cc1. The molecule has 0 bridgehead atoms. The van der Waals surface area contributed by atoms with Gasteiger partial charge >= 0.3 is 16.3 Å². The highest BCUT2D eigenvalue weighted by molar-refractivity contribution is 7.86. The smallest absolute Gasteiger partial charge is 0.192 e.